The molecule has 0 saturated carbocycles. The molecule has 3 rings (SSSR count). The summed E-state index contributed by atoms with van der Waals surface area (Å²) >= 11 is 0. The molecule has 1 fully saturated rings. The van der Waals surface area contributed by atoms with Gasteiger partial charge in [-0.05, 0) is 55.0 Å². The van der Waals surface area contributed by atoms with E-state index in [2.05, 4.69) is 22.5 Å². The Morgan fingerprint density at radius 1 is 0.967 bits per heavy atom. The van der Waals surface area contributed by atoms with Crippen LogP contribution in [0.4, 0.5) is 16.2 Å². The highest BCUT2D eigenvalue weighted by Gasteiger charge is 2.21. The summed E-state index contributed by atoms with van der Waals surface area (Å²) in [7, 11) is 1.60. The number of benzene rings is 2. The summed E-state index contributed by atoms with van der Waals surface area (Å²) in [5.74, 6) is 0.558. The maximum absolute atomic E-state index is 12.4. The van der Waals surface area contributed by atoms with E-state index in [0.717, 1.165) is 49.6 Å². The van der Waals surface area contributed by atoms with Crippen molar-refractivity contribution in [1.82, 2.24) is 10.2 Å². The summed E-state index contributed by atoms with van der Waals surface area (Å²) in [6, 6.07) is 14.8. The first kappa shape index (κ1) is 21.5. The first-order valence-electron chi connectivity index (χ1n) is 10.4. The van der Waals surface area contributed by atoms with Crippen LogP contribution in [0, 0.1) is 0 Å². The van der Waals surface area contributed by atoms with E-state index in [1.165, 1.54) is 0 Å². The second kappa shape index (κ2) is 10.5. The fourth-order valence-electron chi connectivity index (χ4n) is 3.35. The van der Waals surface area contributed by atoms with Crippen molar-refractivity contribution in [3.05, 3.63) is 54.1 Å². The summed E-state index contributed by atoms with van der Waals surface area (Å²) in [5, 5.41) is 5.89. The first-order valence-corrected chi connectivity index (χ1v) is 10.4. The van der Waals surface area contributed by atoms with Crippen LogP contribution in [-0.2, 0) is 0 Å². The van der Waals surface area contributed by atoms with E-state index >= 15 is 0 Å². The van der Waals surface area contributed by atoms with E-state index in [1.807, 2.05) is 29.2 Å². The van der Waals surface area contributed by atoms with Crippen molar-refractivity contribution in [2.45, 2.75) is 19.8 Å². The molecule has 0 bridgehead atoms. The topological polar surface area (TPSA) is 73.9 Å². The number of amides is 3. The number of unbranched alkanes of at least 4 members (excludes halogenated alkanes) is 1. The molecule has 2 aromatic carbocycles. The molecule has 0 aromatic heterocycles. The molecule has 1 heterocycles. The molecular formula is C23H30N4O3. The maximum Gasteiger partial charge on any atom is 0.317 e. The van der Waals surface area contributed by atoms with Crippen LogP contribution in [0.25, 0.3) is 0 Å². The van der Waals surface area contributed by atoms with Crippen molar-refractivity contribution >= 4 is 23.3 Å². The second-order valence-electron chi connectivity index (χ2n) is 7.29. The molecule has 0 radical (unpaired) electrons. The zero-order chi connectivity index (χ0) is 21.3. The summed E-state index contributed by atoms with van der Waals surface area (Å²) in [6.45, 7) is 5.83. The van der Waals surface area contributed by atoms with Gasteiger partial charge in [-0.1, -0.05) is 13.3 Å². The third-order valence-electron chi connectivity index (χ3n) is 5.22. The number of hydrogen-bond donors (Lipinski definition) is 2. The largest absolute Gasteiger partial charge is 0.497 e. The van der Waals surface area contributed by atoms with E-state index in [1.54, 1.807) is 31.4 Å². The molecule has 30 heavy (non-hydrogen) atoms. The maximum atomic E-state index is 12.4. The van der Waals surface area contributed by atoms with Crippen LogP contribution in [0.1, 0.15) is 30.1 Å². The molecule has 7 heteroatoms. The number of ether oxygens (including phenoxy) is 1. The standard InChI is InChI=1S/C23H30N4O3/c1-3-4-13-24-23(29)27-16-14-26(15-17-27)20-9-7-19(8-10-20)25-22(28)18-5-11-21(30-2)12-6-18/h5-12H,3-4,13-17H2,1-2H3,(H,24,29)(H,25,28). The lowest BCUT2D eigenvalue weighted by molar-refractivity contribution is 0.102. The second-order valence-corrected chi connectivity index (χ2v) is 7.29. The predicted octanol–water partition coefficient (Wildman–Crippen LogP) is 3.58. The Labute approximate surface area is 178 Å². The van der Waals surface area contributed by atoms with Gasteiger partial charge in [0.05, 0.1) is 7.11 Å². The summed E-state index contributed by atoms with van der Waals surface area (Å²) in [4.78, 5) is 28.7. The molecule has 7 nitrogen and oxygen atoms in total. The van der Waals surface area contributed by atoms with Crippen LogP contribution in [0.3, 0.4) is 0 Å². The van der Waals surface area contributed by atoms with Crippen LogP contribution in [0.5, 0.6) is 5.75 Å². The Balaban J connectivity index is 1.50. The van der Waals surface area contributed by atoms with Gasteiger partial charge >= 0.3 is 6.03 Å². The van der Waals surface area contributed by atoms with Crippen LogP contribution in [0.15, 0.2) is 48.5 Å². The number of hydrogen-bond acceptors (Lipinski definition) is 4. The lowest BCUT2D eigenvalue weighted by Crippen LogP contribution is -2.52. The van der Waals surface area contributed by atoms with E-state index in [4.69, 9.17) is 4.74 Å². The normalized spacial score (nSPS) is 13.7. The Kier molecular flexibility index (Phi) is 7.54. The van der Waals surface area contributed by atoms with Crippen LogP contribution in [-0.4, -0.2) is 56.7 Å². The smallest absolute Gasteiger partial charge is 0.317 e. The van der Waals surface area contributed by atoms with Gasteiger partial charge in [0.2, 0.25) is 0 Å². The summed E-state index contributed by atoms with van der Waals surface area (Å²) < 4.78 is 5.12. The van der Waals surface area contributed by atoms with Gasteiger partial charge < -0.3 is 25.2 Å². The summed E-state index contributed by atoms with van der Waals surface area (Å²) in [6.07, 6.45) is 2.08. The lowest BCUT2D eigenvalue weighted by atomic mass is 10.2. The van der Waals surface area contributed by atoms with E-state index < -0.39 is 0 Å². The van der Waals surface area contributed by atoms with Crippen molar-refractivity contribution in [1.29, 1.82) is 0 Å². The highest BCUT2D eigenvalue weighted by molar-refractivity contribution is 6.04. The van der Waals surface area contributed by atoms with Crippen LogP contribution in [0.2, 0.25) is 0 Å². The quantitative estimate of drug-likeness (QED) is 0.685. The van der Waals surface area contributed by atoms with Gasteiger partial charge in [-0.25, -0.2) is 4.79 Å². The number of nitrogens with one attached hydrogen (secondary N) is 2. The van der Waals surface area contributed by atoms with Gasteiger partial charge in [-0.3, -0.25) is 4.79 Å². The number of nitrogens with zero attached hydrogens (tertiary/aromatic N) is 2. The number of carbonyl (C=O) groups is 2. The Hall–Kier alpha value is -3.22. The predicted molar refractivity (Wildman–Crippen MR) is 119 cm³/mol. The minimum Gasteiger partial charge on any atom is -0.497 e. The lowest BCUT2D eigenvalue weighted by Gasteiger charge is -2.36. The minimum atomic E-state index is -0.159. The molecule has 1 saturated heterocycles. The highest BCUT2D eigenvalue weighted by Crippen LogP contribution is 2.20. The van der Waals surface area contributed by atoms with Gasteiger partial charge in [-0.2, -0.15) is 0 Å². The number of piperazine rings is 1. The van der Waals surface area contributed by atoms with E-state index in [0.29, 0.717) is 18.7 Å². The van der Waals surface area contributed by atoms with Gasteiger partial charge in [0.25, 0.3) is 5.91 Å². The fourth-order valence-corrected chi connectivity index (χ4v) is 3.35. The molecule has 0 atom stereocenters. The van der Waals surface area contributed by atoms with Crippen LogP contribution >= 0.6 is 0 Å². The van der Waals surface area contributed by atoms with Crippen molar-refractivity contribution in [2.24, 2.45) is 0 Å². The monoisotopic (exact) mass is 410 g/mol. The minimum absolute atomic E-state index is 0.0275. The van der Waals surface area contributed by atoms with Crippen molar-refractivity contribution in [2.75, 3.05) is 50.1 Å². The molecule has 2 aromatic rings. The number of carbonyl (C=O) groups excluding carboxylic acids is 2. The molecule has 1 aliphatic heterocycles. The fraction of sp³-hybridized carbons (Fsp3) is 0.391. The third-order valence-corrected chi connectivity index (χ3v) is 5.22. The van der Waals surface area contributed by atoms with Crippen molar-refractivity contribution < 1.29 is 14.3 Å². The zero-order valence-corrected chi connectivity index (χ0v) is 17.7. The van der Waals surface area contributed by atoms with Gasteiger partial charge in [0, 0.05) is 49.7 Å². The molecule has 2 N–H and O–H groups in total. The molecule has 0 unspecified atom stereocenters. The molecule has 0 spiro atoms. The van der Waals surface area contributed by atoms with E-state index in [-0.39, 0.29) is 11.9 Å². The Morgan fingerprint density at radius 3 is 2.23 bits per heavy atom. The highest BCUT2D eigenvalue weighted by atomic mass is 16.5. The Bertz CT molecular complexity index is 829. The molecule has 0 aliphatic carbocycles. The molecule has 1 aliphatic rings. The van der Waals surface area contributed by atoms with Gasteiger partial charge in [0.1, 0.15) is 5.75 Å². The van der Waals surface area contributed by atoms with E-state index in [9.17, 15) is 9.59 Å². The Morgan fingerprint density at radius 2 is 1.63 bits per heavy atom. The van der Waals surface area contributed by atoms with Gasteiger partial charge in [-0.15, -0.1) is 0 Å². The molecule has 3 amide bonds. The zero-order valence-electron chi connectivity index (χ0n) is 17.7. The van der Waals surface area contributed by atoms with Crippen molar-refractivity contribution in [3.63, 3.8) is 0 Å². The number of urea groups is 1. The number of anilines is 2. The average Bonchev–Trinajstić information content (AvgIpc) is 2.80. The molecular weight excluding hydrogens is 380 g/mol. The first-order chi connectivity index (χ1) is 14.6. The average molecular weight is 411 g/mol. The van der Waals surface area contributed by atoms with Crippen LogP contribution < -0.4 is 20.3 Å². The number of methoxy groups -OCH3 is 1. The number of rotatable bonds is 7. The SMILES string of the molecule is CCCCNC(=O)N1CCN(c2ccc(NC(=O)c3ccc(OC)cc3)cc2)CC1. The van der Waals surface area contributed by atoms with Gasteiger partial charge in [0.15, 0.2) is 0 Å². The third kappa shape index (κ3) is 5.65. The molecule has 160 valence electrons. The summed E-state index contributed by atoms with van der Waals surface area (Å²) in [5.41, 5.74) is 2.41. The van der Waals surface area contributed by atoms with Crippen molar-refractivity contribution in [3.8, 4) is 5.75 Å².